The van der Waals surface area contributed by atoms with Gasteiger partial charge in [0.15, 0.2) is 0 Å². The van der Waals surface area contributed by atoms with Crippen molar-refractivity contribution in [3.05, 3.63) is 23.8 Å². The van der Waals surface area contributed by atoms with Gasteiger partial charge in [0.2, 0.25) is 0 Å². The van der Waals surface area contributed by atoms with Crippen LogP contribution in [0.5, 0.6) is 11.5 Å². The van der Waals surface area contributed by atoms with E-state index in [4.69, 9.17) is 4.74 Å². The number of hydrogen-bond acceptors (Lipinski definition) is 3. The molecule has 0 amide bonds. The van der Waals surface area contributed by atoms with Crippen molar-refractivity contribution in [2.75, 3.05) is 7.11 Å². The fourth-order valence-electron chi connectivity index (χ4n) is 0.978. The van der Waals surface area contributed by atoms with E-state index in [1.165, 1.54) is 26.2 Å². The summed E-state index contributed by atoms with van der Waals surface area (Å²) in [7, 11) is 1.48. The average molecular weight is 166 g/mol. The summed E-state index contributed by atoms with van der Waals surface area (Å²) in [6, 6.07) is 4.45. The molecule has 0 N–H and O–H groups in total. The van der Waals surface area contributed by atoms with Crippen LogP contribution < -0.4 is 14.9 Å². The molecule has 1 rings (SSSR count). The smallest absolute Gasteiger partial charge is 0.118 e. The molecule has 0 heterocycles. The molecule has 1 aromatic carbocycles. The zero-order valence-electron chi connectivity index (χ0n) is 7.03. The van der Waals surface area contributed by atoms with E-state index in [0.717, 1.165) is 0 Å². The lowest BCUT2D eigenvalue weighted by Crippen LogP contribution is -2.13. The van der Waals surface area contributed by atoms with E-state index < -0.39 is 6.10 Å². The van der Waals surface area contributed by atoms with Crippen LogP contribution in [0.25, 0.3) is 0 Å². The molecule has 0 bridgehead atoms. The van der Waals surface area contributed by atoms with Gasteiger partial charge < -0.3 is 14.9 Å². The summed E-state index contributed by atoms with van der Waals surface area (Å²) in [5, 5.41) is 22.1. The molecule has 0 aliphatic heterocycles. The number of benzene rings is 1. The highest BCUT2D eigenvalue weighted by molar-refractivity contribution is 5.39. The van der Waals surface area contributed by atoms with Gasteiger partial charge in [0.25, 0.3) is 0 Å². The van der Waals surface area contributed by atoms with Gasteiger partial charge in [-0.2, -0.15) is 0 Å². The van der Waals surface area contributed by atoms with E-state index in [2.05, 4.69) is 0 Å². The van der Waals surface area contributed by atoms with E-state index in [1.54, 1.807) is 6.07 Å². The summed E-state index contributed by atoms with van der Waals surface area (Å²) in [6.45, 7) is 1.45. The molecule has 0 spiro atoms. The first-order valence-corrected chi connectivity index (χ1v) is 3.66. The molecule has 0 radical (unpaired) electrons. The summed E-state index contributed by atoms with van der Waals surface area (Å²) >= 11 is 0. The average Bonchev–Trinajstić information content (AvgIpc) is 2.03. The van der Waals surface area contributed by atoms with E-state index in [-0.39, 0.29) is 11.3 Å². The fraction of sp³-hybridized carbons (Fsp3) is 0.333. The van der Waals surface area contributed by atoms with Crippen LogP contribution in [0.15, 0.2) is 18.2 Å². The molecule has 0 saturated carbocycles. The minimum Gasteiger partial charge on any atom is -0.872 e. The molecule has 0 aliphatic carbocycles. The van der Waals surface area contributed by atoms with Gasteiger partial charge in [-0.1, -0.05) is 18.6 Å². The van der Waals surface area contributed by atoms with Crippen molar-refractivity contribution in [2.24, 2.45) is 0 Å². The first-order valence-electron chi connectivity index (χ1n) is 3.66. The molecule has 66 valence electrons. The van der Waals surface area contributed by atoms with E-state index in [0.29, 0.717) is 5.75 Å². The molecule has 0 aromatic heterocycles. The highest BCUT2D eigenvalue weighted by atomic mass is 16.5. The molecular formula is C9H10O3-2. The van der Waals surface area contributed by atoms with Crippen molar-refractivity contribution in [1.82, 2.24) is 0 Å². The Balaban J connectivity index is 3.03. The zero-order chi connectivity index (χ0) is 9.14. The Morgan fingerprint density at radius 2 is 2.08 bits per heavy atom. The predicted molar refractivity (Wildman–Crippen MR) is 40.9 cm³/mol. The molecular weight excluding hydrogens is 156 g/mol. The minimum atomic E-state index is -0.969. The summed E-state index contributed by atoms with van der Waals surface area (Å²) < 4.78 is 4.83. The maximum atomic E-state index is 11.2. The monoisotopic (exact) mass is 166 g/mol. The van der Waals surface area contributed by atoms with Gasteiger partial charge in [0.05, 0.1) is 7.11 Å². The minimum absolute atomic E-state index is 0.253. The van der Waals surface area contributed by atoms with E-state index in [9.17, 15) is 10.2 Å². The van der Waals surface area contributed by atoms with Gasteiger partial charge in [-0.25, -0.2) is 0 Å². The summed E-state index contributed by atoms with van der Waals surface area (Å²) in [6.07, 6.45) is -0.969. The Morgan fingerprint density at radius 1 is 1.42 bits per heavy atom. The quantitative estimate of drug-likeness (QED) is 0.630. The molecule has 1 atom stereocenters. The zero-order valence-corrected chi connectivity index (χ0v) is 7.03. The molecule has 12 heavy (non-hydrogen) atoms. The third kappa shape index (κ3) is 1.68. The van der Waals surface area contributed by atoms with Crippen LogP contribution in [0.4, 0.5) is 0 Å². The van der Waals surface area contributed by atoms with Gasteiger partial charge in [-0.05, 0) is 12.1 Å². The van der Waals surface area contributed by atoms with Gasteiger partial charge in [-0.15, -0.1) is 11.9 Å². The lowest BCUT2D eigenvalue weighted by atomic mass is 10.1. The van der Waals surface area contributed by atoms with Crippen LogP contribution in [0.3, 0.4) is 0 Å². The Kier molecular flexibility index (Phi) is 2.55. The normalized spacial score (nSPS) is 12.6. The highest BCUT2D eigenvalue weighted by Gasteiger charge is 1.95. The van der Waals surface area contributed by atoms with Crippen molar-refractivity contribution in [2.45, 2.75) is 13.0 Å². The fourth-order valence-corrected chi connectivity index (χ4v) is 0.978. The first kappa shape index (κ1) is 8.87. The Bertz CT molecular complexity index is 268. The van der Waals surface area contributed by atoms with Crippen LogP contribution in [-0.4, -0.2) is 7.11 Å². The highest BCUT2D eigenvalue weighted by Crippen LogP contribution is 2.24. The standard InChI is InChI=1S/C9H11O3/c1-6(10)8-4-3-7(12-2)5-9(8)11/h3-6,11H,1-2H3/q-1/p-1. The van der Waals surface area contributed by atoms with Crippen LogP contribution >= 0.6 is 0 Å². The van der Waals surface area contributed by atoms with Crippen molar-refractivity contribution in [1.29, 1.82) is 0 Å². The SMILES string of the molecule is COc1ccc(C(C)[O-])c([O-])c1. The van der Waals surface area contributed by atoms with Crippen molar-refractivity contribution >= 4 is 0 Å². The van der Waals surface area contributed by atoms with Gasteiger partial charge in [0, 0.05) is 0 Å². The first-order chi connectivity index (χ1) is 5.65. The second-order valence-electron chi connectivity index (χ2n) is 2.55. The third-order valence-corrected chi connectivity index (χ3v) is 1.66. The van der Waals surface area contributed by atoms with Crippen molar-refractivity contribution in [3.63, 3.8) is 0 Å². The molecule has 0 aliphatic rings. The van der Waals surface area contributed by atoms with Crippen LogP contribution in [0.2, 0.25) is 0 Å². The number of ether oxygens (including phenoxy) is 1. The largest absolute Gasteiger partial charge is 0.872 e. The van der Waals surface area contributed by atoms with Crippen LogP contribution in [0.1, 0.15) is 18.6 Å². The second kappa shape index (κ2) is 3.45. The predicted octanol–water partition coefficient (Wildman–Crippen LogP) is 0.190. The summed E-state index contributed by atoms with van der Waals surface area (Å²) in [4.78, 5) is 0. The Labute approximate surface area is 71.2 Å². The van der Waals surface area contributed by atoms with Crippen molar-refractivity contribution < 1.29 is 14.9 Å². The molecule has 1 unspecified atom stereocenters. The lowest BCUT2D eigenvalue weighted by molar-refractivity contribution is -0.422. The Morgan fingerprint density at radius 3 is 2.50 bits per heavy atom. The van der Waals surface area contributed by atoms with Crippen molar-refractivity contribution in [3.8, 4) is 11.5 Å². The van der Waals surface area contributed by atoms with Gasteiger partial charge in [0.1, 0.15) is 5.75 Å². The van der Waals surface area contributed by atoms with E-state index >= 15 is 0 Å². The maximum absolute atomic E-state index is 11.2. The van der Waals surface area contributed by atoms with Crippen LogP contribution in [0, 0.1) is 0 Å². The maximum Gasteiger partial charge on any atom is 0.118 e. The summed E-state index contributed by atoms with van der Waals surface area (Å²) in [5.41, 5.74) is 0.288. The molecule has 0 fully saturated rings. The van der Waals surface area contributed by atoms with E-state index in [1.807, 2.05) is 0 Å². The summed E-state index contributed by atoms with van der Waals surface area (Å²) in [5.74, 6) is 0.237. The number of rotatable bonds is 2. The number of hydrogen-bond donors (Lipinski definition) is 0. The third-order valence-electron chi connectivity index (χ3n) is 1.66. The molecule has 0 saturated heterocycles. The second-order valence-corrected chi connectivity index (χ2v) is 2.55. The Hall–Kier alpha value is -1.22. The van der Waals surface area contributed by atoms with Gasteiger partial charge >= 0.3 is 0 Å². The molecule has 1 aromatic rings. The van der Waals surface area contributed by atoms with Crippen LogP contribution in [-0.2, 0) is 0 Å². The topological polar surface area (TPSA) is 55.3 Å². The molecule has 3 heteroatoms. The lowest BCUT2D eigenvalue weighted by Gasteiger charge is -2.23. The number of methoxy groups -OCH3 is 1. The molecule has 3 nitrogen and oxygen atoms in total. The van der Waals surface area contributed by atoms with Gasteiger partial charge in [-0.3, -0.25) is 0 Å².